The lowest BCUT2D eigenvalue weighted by atomic mass is 10.2. The predicted molar refractivity (Wildman–Crippen MR) is 88.8 cm³/mol. The zero-order valence-corrected chi connectivity index (χ0v) is 14.7. The number of sulfonamides is 1. The molecular formula is C14H17ClN4O4S. The minimum absolute atomic E-state index is 0.00951. The lowest BCUT2D eigenvalue weighted by Crippen LogP contribution is -2.31. The number of carbonyl (C=O) groups is 1. The molecule has 0 saturated heterocycles. The van der Waals surface area contributed by atoms with E-state index in [1.165, 1.54) is 0 Å². The Morgan fingerprint density at radius 3 is 2.62 bits per heavy atom. The van der Waals surface area contributed by atoms with Gasteiger partial charge in [0.1, 0.15) is 6.04 Å². The van der Waals surface area contributed by atoms with Crippen molar-refractivity contribution < 1.29 is 17.7 Å². The molecule has 1 atom stereocenters. The van der Waals surface area contributed by atoms with E-state index >= 15 is 0 Å². The normalized spacial score (nSPS) is 12.8. The number of carbonyl (C=O) groups excluding carboxylic acids is 1. The monoisotopic (exact) mass is 372 g/mol. The fraction of sp³-hybridized carbons (Fsp3) is 0.357. The largest absolute Gasteiger partial charge is 0.345 e. The van der Waals surface area contributed by atoms with Crippen LogP contribution in [0.3, 0.4) is 0 Å². The van der Waals surface area contributed by atoms with Crippen molar-refractivity contribution in [2.75, 3.05) is 12.8 Å². The highest BCUT2D eigenvalue weighted by atomic mass is 35.5. The molecule has 0 aliphatic carbocycles. The summed E-state index contributed by atoms with van der Waals surface area (Å²) in [7, 11) is -3.31. The number of hydrogen-bond donors (Lipinski definition) is 2. The molecule has 24 heavy (non-hydrogen) atoms. The van der Waals surface area contributed by atoms with Crippen molar-refractivity contribution in [1.29, 1.82) is 0 Å². The van der Waals surface area contributed by atoms with Gasteiger partial charge in [0.25, 0.3) is 0 Å². The molecule has 1 amide bonds. The first kappa shape index (κ1) is 18.4. The molecule has 0 spiro atoms. The number of amides is 1. The van der Waals surface area contributed by atoms with Crippen LogP contribution in [0.15, 0.2) is 28.8 Å². The van der Waals surface area contributed by atoms with Gasteiger partial charge < -0.3 is 9.84 Å². The second-order valence-electron chi connectivity index (χ2n) is 5.17. The summed E-state index contributed by atoms with van der Waals surface area (Å²) in [6.07, 6.45) is 1.04. The summed E-state index contributed by atoms with van der Waals surface area (Å²) >= 11 is 5.83. The minimum Gasteiger partial charge on any atom is -0.345 e. The van der Waals surface area contributed by atoms with Crippen molar-refractivity contribution in [3.05, 3.63) is 35.2 Å². The molecular weight excluding hydrogens is 356 g/mol. The highest BCUT2D eigenvalue weighted by molar-refractivity contribution is 7.88. The summed E-state index contributed by atoms with van der Waals surface area (Å²) in [6, 6.07) is 6.46. The maximum Gasteiger partial charge on any atom is 0.249 e. The first-order chi connectivity index (χ1) is 11.2. The predicted octanol–water partition coefficient (Wildman–Crippen LogP) is 1.51. The molecule has 0 bridgehead atoms. The molecule has 2 N–H and O–H groups in total. The third-order valence-electron chi connectivity index (χ3n) is 3.01. The highest BCUT2D eigenvalue weighted by Gasteiger charge is 2.17. The average molecular weight is 373 g/mol. The lowest BCUT2D eigenvalue weighted by Gasteiger charge is -2.09. The van der Waals surface area contributed by atoms with Crippen LogP contribution in [0.1, 0.15) is 25.3 Å². The van der Waals surface area contributed by atoms with Crippen molar-refractivity contribution in [3.8, 4) is 11.4 Å². The van der Waals surface area contributed by atoms with Crippen LogP contribution in [0.5, 0.6) is 0 Å². The lowest BCUT2D eigenvalue weighted by molar-refractivity contribution is -0.121. The quantitative estimate of drug-likeness (QED) is 0.761. The number of nitrogens with one attached hydrogen (secondary N) is 2. The summed E-state index contributed by atoms with van der Waals surface area (Å²) < 4.78 is 29.3. The summed E-state index contributed by atoms with van der Waals surface area (Å²) in [4.78, 5) is 16.0. The Hall–Kier alpha value is -1.97. The Kier molecular flexibility index (Phi) is 5.92. The van der Waals surface area contributed by atoms with Gasteiger partial charge in [0, 0.05) is 23.6 Å². The summed E-state index contributed by atoms with van der Waals surface area (Å²) in [6.45, 7) is 1.72. The average Bonchev–Trinajstić information content (AvgIpc) is 2.96. The van der Waals surface area contributed by atoms with Crippen LogP contribution in [-0.4, -0.2) is 37.3 Å². The van der Waals surface area contributed by atoms with Gasteiger partial charge in [-0.25, -0.2) is 13.1 Å². The summed E-state index contributed by atoms with van der Waals surface area (Å²) in [5.74, 6) is 0.316. The third-order valence-corrected chi connectivity index (χ3v) is 3.99. The Morgan fingerprint density at radius 1 is 1.33 bits per heavy atom. The molecule has 1 heterocycles. The van der Waals surface area contributed by atoms with Crippen LogP contribution in [0.4, 0.5) is 0 Å². The van der Waals surface area contributed by atoms with Gasteiger partial charge in [-0.3, -0.25) is 4.79 Å². The number of nitrogens with zero attached hydrogens (tertiary/aromatic N) is 2. The Labute approximate surface area is 144 Å². The van der Waals surface area contributed by atoms with E-state index in [0.717, 1.165) is 11.8 Å². The standard InChI is InChI=1S/C14H17ClN4O4S/c1-9(17-12(20)7-8-16-24(2,21)22)14-18-13(19-23-14)10-3-5-11(15)6-4-10/h3-6,9,16H,7-8H2,1-2H3,(H,17,20)/t9-/m0/s1. The Morgan fingerprint density at radius 2 is 2.00 bits per heavy atom. The molecule has 0 aliphatic rings. The van der Waals surface area contributed by atoms with E-state index in [4.69, 9.17) is 16.1 Å². The molecule has 2 rings (SSSR count). The minimum atomic E-state index is -3.31. The van der Waals surface area contributed by atoms with E-state index in [1.54, 1.807) is 31.2 Å². The topological polar surface area (TPSA) is 114 Å². The van der Waals surface area contributed by atoms with Crippen molar-refractivity contribution >= 4 is 27.5 Å². The van der Waals surface area contributed by atoms with Crippen LogP contribution in [0, 0.1) is 0 Å². The van der Waals surface area contributed by atoms with E-state index in [2.05, 4.69) is 20.2 Å². The van der Waals surface area contributed by atoms with Crippen molar-refractivity contribution in [1.82, 2.24) is 20.2 Å². The molecule has 2 aromatic rings. The molecule has 1 aromatic heterocycles. The van der Waals surface area contributed by atoms with Crippen LogP contribution < -0.4 is 10.0 Å². The van der Waals surface area contributed by atoms with E-state index in [0.29, 0.717) is 10.8 Å². The van der Waals surface area contributed by atoms with E-state index in [-0.39, 0.29) is 24.8 Å². The Bertz CT molecular complexity index is 804. The fourth-order valence-corrected chi connectivity index (χ4v) is 2.45. The van der Waals surface area contributed by atoms with Gasteiger partial charge in [-0.05, 0) is 31.2 Å². The number of halogens is 1. The van der Waals surface area contributed by atoms with Gasteiger partial charge in [-0.2, -0.15) is 4.98 Å². The summed E-state index contributed by atoms with van der Waals surface area (Å²) in [5, 5.41) is 7.13. The number of rotatable bonds is 7. The molecule has 0 saturated carbocycles. The molecule has 0 fully saturated rings. The first-order valence-corrected chi connectivity index (χ1v) is 9.35. The van der Waals surface area contributed by atoms with Crippen LogP contribution in [-0.2, 0) is 14.8 Å². The van der Waals surface area contributed by atoms with Gasteiger partial charge in [-0.1, -0.05) is 16.8 Å². The van der Waals surface area contributed by atoms with Crippen molar-refractivity contribution in [2.45, 2.75) is 19.4 Å². The van der Waals surface area contributed by atoms with E-state index < -0.39 is 16.1 Å². The fourth-order valence-electron chi connectivity index (χ4n) is 1.85. The molecule has 10 heteroatoms. The first-order valence-electron chi connectivity index (χ1n) is 7.08. The van der Waals surface area contributed by atoms with Gasteiger partial charge in [-0.15, -0.1) is 0 Å². The van der Waals surface area contributed by atoms with Crippen molar-refractivity contribution in [3.63, 3.8) is 0 Å². The molecule has 0 radical (unpaired) electrons. The molecule has 1 aromatic carbocycles. The van der Waals surface area contributed by atoms with Gasteiger partial charge >= 0.3 is 0 Å². The number of benzene rings is 1. The van der Waals surface area contributed by atoms with Crippen LogP contribution >= 0.6 is 11.6 Å². The maximum atomic E-state index is 11.8. The second-order valence-corrected chi connectivity index (χ2v) is 7.44. The Balaban J connectivity index is 1.92. The molecule has 130 valence electrons. The molecule has 8 nitrogen and oxygen atoms in total. The molecule has 0 aliphatic heterocycles. The maximum absolute atomic E-state index is 11.8. The zero-order valence-electron chi connectivity index (χ0n) is 13.1. The van der Waals surface area contributed by atoms with Crippen LogP contribution in [0.25, 0.3) is 11.4 Å². The van der Waals surface area contributed by atoms with Crippen LogP contribution in [0.2, 0.25) is 5.02 Å². The SMILES string of the molecule is C[C@H](NC(=O)CCNS(C)(=O)=O)c1nc(-c2ccc(Cl)cc2)no1. The van der Waals surface area contributed by atoms with Gasteiger partial charge in [0.2, 0.25) is 27.6 Å². The van der Waals surface area contributed by atoms with E-state index in [9.17, 15) is 13.2 Å². The highest BCUT2D eigenvalue weighted by Crippen LogP contribution is 2.20. The van der Waals surface area contributed by atoms with E-state index in [1.807, 2.05) is 0 Å². The van der Waals surface area contributed by atoms with Crippen molar-refractivity contribution in [2.24, 2.45) is 0 Å². The molecule has 0 unspecified atom stereocenters. The van der Waals surface area contributed by atoms with Gasteiger partial charge in [0.05, 0.1) is 6.26 Å². The number of aromatic nitrogens is 2. The second kappa shape index (κ2) is 7.73. The zero-order chi connectivity index (χ0) is 17.7. The smallest absolute Gasteiger partial charge is 0.249 e. The number of hydrogen-bond acceptors (Lipinski definition) is 6. The summed E-state index contributed by atoms with van der Waals surface area (Å²) in [5.41, 5.74) is 0.741. The third kappa shape index (κ3) is 5.59. The van der Waals surface area contributed by atoms with Gasteiger partial charge in [0.15, 0.2) is 0 Å².